The highest BCUT2D eigenvalue weighted by Crippen LogP contribution is 2.30. The van der Waals surface area contributed by atoms with Gasteiger partial charge < -0.3 is 10.2 Å². The molecule has 8 heteroatoms. The molecule has 1 aliphatic rings. The van der Waals surface area contributed by atoms with E-state index in [1.165, 1.54) is 10.6 Å². The molecule has 0 saturated carbocycles. The molecule has 1 aliphatic heterocycles. The Morgan fingerprint density at radius 2 is 1.83 bits per heavy atom. The van der Waals surface area contributed by atoms with Gasteiger partial charge in [0.2, 0.25) is 10.0 Å². The molecule has 0 unspecified atom stereocenters. The number of primary amides is 1. The molecule has 1 fully saturated rings. The highest BCUT2D eigenvalue weighted by molar-refractivity contribution is 7.88. The smallest absolute Gasteiger partial charge is 0.284 e. The van der Waals surface area contributed by atoms with E-state index in [1.807, 2.05) is 20.8 Å². The van der Waals surface area contributed by atoms with Crippen LogP contribution in [0.2, 0.25) is 0 Å². The molecule has 23 heavy (non-hydrogen) atoms. The van der Waals surface area contributed by atoms with Crippen LogP contribution in [0.3, 0.4) is 0 Å². The molecule has 1 aromatic heterocycles. The molecule has 2 N–H and O–H groups in total. The summed E-state index contributed by atoms with van der Waals surface area (Å²) in [5.41, 5.74) is 6.01. The van der Waals surface area contributed by atoms with Crippen molar-refractivity contribution >= 4 is 15.9 Å². The van der Waals surface area contributed by atoms with Gasteiger partial charge in [-0.1, -0.05) is 20.8 Å². The zero-order chi connectivity index (χ0) is 17.4. The Labute approximate surface area is 137 Å². The van der Waals surface area contributed by atoms with Gasteiger partial charge in [-0.15, -0.1) is 0 Å². The average molecular weight is 343 g/mol. The van der Waals surface area contributed by atoms with Crippen LogP contribution >= 0.6 is 0 Å². The fraction of sp³-hybridized carbons (Fsp3) is 0.667. The van der Waals surface area contributed by atoms with Crippen LogP contribution in [0.25, 0.3) is 0 Å². The Bertz CT molecular complexity index is 680. The van der Waals surface area contributed by atoms with Crippen molar-refractivity contribution in [3.63, 3.8) is 0 Å². The van der Waals surface area contributed by atoms with Crippen molar-refractivity contribution in [3.8, 4) is 0 Å². The summed E-state index contributed by atoms with van der Waals surface area (Å²) in [6.45, 7) is 8.90. The predicted molar refractivity (Wildman–Crippen MR) is 87.6 cm³/mol. The molecule has 1 saturated heterocycles. The van der Waals surface area contributed by atoms with E-state index in [9.17, 15) is 13.2 Å². The number of carbonyl (C=O) groups is 1. The van der Waals surface area contributed by atoms with E-state index >= 15 is 0 Å². The van der Waals surface area contributed by atoms with E-state index in [4.69, 9.17) is 10.2 Å². The van der Waals surface area contributed by atoms with Crippen LogP contribution in [0.4, 0.5) is 0 Å². The van der Waals surface area contributed by atoms with Gasteiger partial charge in [0, 0.05) is 43.7 Å². The summed E-state index contributed by atoms with van der Waals surface area (Å²) in [6, 6.07) is 1.70. The lowest BCUT2D eigenvalue weighted by atomic mass is 9.90. The third-order valence-electron chi connectivity index (χ3n) is 3.93. The first-order chi connectivity index (χ1) is 10.5. The topological polar surface area (TPSA) is 96.8 Å². The summed E-state index contributed by atoms with van der Waals surface area (Å²) in [5.74, 6) is 0.334. The molecule has 0 atom stereocenters. The standard InChI is InChI=1S/C15H25N3O4S/c1-15(2,3)13-11(9-12(22-13)14(16)19)10-17-5-7-18(8-6-17)23(4,20)21/h9H,5-8,10H2,1-4H3,(H2,16,19). The number of sulfonamides is 1. The van der Waals surface area contributed by atoms with Crippen molar-refractivity contribution < 1.29 is 17.6 Å². The molecule has 0 aliphatic carbocycles. The van der Waals surface area contributed by atoms with Gasteiger partial charge >= 0.3 is 0 Å². The number of amides is 1. The predicted octanol–water partition coefficient (Wildman–Crippen LogP) is 0.753. The first kappa shape index (κ1) is 18.0. The Morgan fingerprint density at radius 3 is 2.26 bits per heavy atom. The van der Waals surface area contributed by atoms with Gasteiger partial charge in [-0.25, -0.2) is 8.42 Å². The Hall–Kier alpha value is -1.38. The highest BCUT2D eigenvalue weighted by Gasteiger charge is 2.28. The maximum Gasteiger partial charge on any atom is 0.284 e. The van der Waals surface area contributed by atoms with Crippen LogP contribution in [0.1, 0.15) is 42.6 Å². The third-order valence-corrected chi connectivity index (χ3v) is 5.23. The van der Waals surface area contributed by atoms with Crippen molar-refractivity contribution in [2.75, 3.05) is 32.4 Å². The van der Waals surface area contributed by atoms with Crippen LogP contribution in [0.15, 0.2) is 10.5 Å². The molecule has 0 spiro atoms. The first-order valence-corrected chi connectivity index (χ1v) is 9.44. The molecule has 0 aromatic carbocycles. The molecule has 1 amide bonds. The average Bonchev–Trinajstić information content (AvgIpc) is 2.82. The van der Waals surface area contributed by atoms with E-state index in [-0.39, 0.29) is 11.2 Å². The number of hydrogen-bond donors (Lipinski definition) is 1. The number of rotatable bonds is 4. The van der Waals surface area contributed by atoms with E-state index in [2.05, 4.69) is 4.90 Å². The second-order valence-electron chi connectivity index (χ2n) is 7.02. The van der Waals surface area contributed by atoms with E-state index in [0.717, 1.165) is 11.3 Å². The maximum atomic E-state index is 11.6. The van der Waals surface area contributed by atoms with Crippen LogP contribution in [0, 0.1) is 0 Å². The highest BCUT2D eigenvalue weighted by atomic mass is 32.2. The molecule has 7 nitrogen and oxygen atoms in total. The van der Waals surface area contributed by atoms with Crippen LogP contribution in [0.5, 0.6) is 0 Å². The largest absolute Gasteiger partial charge is 0.455 e. The second-order valence-corrected chi connectivity index (χ2v) is 9.00. The van der Waals surface area contributed by atoms with Crippen LogP contribution < -0.4 is 5.73 Å². The summed E-state index contributed by atoms with van der Waals surface area (Å²) in [7, 11) is -3.13. The van der Waals surface area contributed by atoms with Gasteiger partial charge in [0.15, 0.2) is 5.76 Å². The molecule has 2 heterocycles. The van der Waals surface area contributed by atoms with E-state index < -0.39 is 15.9 Å². The minimum absolute atomic E-state index is 0.166. The second kappa shape index (κ2) is 6.26. The van der Waals surface area contributed by atoms with Gasteiger partial charge in [0.1, 0.15) is 5.76 Å². The lowest BCUT2D eigenvalue weighted by Gasteiger charge is -2.33. The van der Waals surface area contributed by atoms with Gasteiger partial charge in [-0.2, -0.15) is 4.31 Å². The van der Waals surface area contributed by atoms with Crippen molar-refractivity contribution in [2.45, 2.75) is 32.7 Å². The van der Waals surface area contributed by atoms with Crippen molar-refractivity contribution in [2.24, 2.45) is 5.73 Å². The third kappa shape index (κ3) is 4.33. The Balaban J connectivity index is 2.13. The number of nitrogens with two attached hydrogens (primary N) is 1. The lowest BCUT2D eigenvalue weighted by Crippen LogP contribution is -2.47. The summed E-state index contributed by atoms with van der Waals surface area (Å²) in [6.07, 6.45) is 1.23. The summed E-state index contributed by atoms with van der Waals surface area (Å²) < 4.78 is 30.2. The summed E-state index contributed by atoms with van der Waals surface area (Å²) >= 11 is 0. The van der Waals surface area contributed by atoms with Crippen molar-refractivity contribution in [1.29, 1.82) is 0 Å². The van der Waals surface area contributed by atoms with Gasteiger partial charge in [-0.05, 0) is 6.07 Å². The van der Waals surface area contributed by atoms with Crippen LogP contribution in [-0.4, -0.2) is 56.0 Å². The SMILES string of the molecule is CC(C)(C)c1oc(C(N)=O)cc1CN1CCN(S(C)(=O)=O)CC1. The summed E-state index contributed by atoms with van der Waals surface area (Å²) in [5, 5.41) is 0. The van der Waals surface area contributed by atoms with Crippen molar-refractivity contribution in [3.05, 3.63) is 23.2 Å². The number of piperazine rings is 1. The fourth-order valence-electron chi connectivity index (χ4n) is 2.76. The molecule has 2 rings (SSSR count). The number of furan rings is 1. The molecule has 0 bridgehead atoms. The molecule has 0 radical (unpaired) electrons. The normalized spacial score (nSPS) is 18.3. The van der Waals surface area contributed by atoms with Gasteiger partial charge in [0.05, 0.1) is 6.26 Å². The minimum atomic E-state index is -3.13. The van der Waals surface area contributed by atoms with E-state index in [0.29, 0.717) is 32.7 Å². The van der Waals surface area contributed by atoms with Gasteiger partial charge in [0.25, 0.3) is 5.91 Å². The maximum absolute atomic E-state index is 11.6. The number of nitrogens with zero attached hydrogens (tertiary/aromatic N) is 2. The first-order valence-electron chi connectivity index (χ1n) is 7.59. The number of carbonyl (C=O) groups excluding carboxylic acids is 1. The monoisotopic (exact) mass is 343 g/mol. The van der Waals surface area contributed by atoms with Gasteiger partial charge in [-0.3, -0.25) is 9.69 Å². The molecular formula is C15H25N3O4S. The Kier molecular flexibility index (Phi) is 4.89. The van der Waals surface area contributed by atoms with Crippen LogP contribution in [-0.2, 0) is 22.0 Å². The Morgan fingerprint density at radius 1 is 1.26 bits per heavy atom. The van der Waals surface area contributed by atoms with Crippen molar-refractivity contribution in [1.82, 2.24) is 9.21 Å². The lowest BCUT2D eigenvalue weighted by molar-refractivity contribution is 0.0970. The zero-order valence-electron chi connectivity index (χ0n) is 14.1. The quantitative estimate of drug-likeness (QED) is 0.870. The molecular weight excluding hydrogens is 318 g/mol. The number of hydrogen-bond acceptors (Lipinski definition) is 5. The van der Waals surface area contributed by atoms with E-state index in [1.54, 1.807) is 6.07 Å². The molecule has 1 aromatic rings. The minimum Gasteiger partial charge on any atom is -0.455 e. The molecule has 130 valence electrons. The summed E-state index contributed by atoms with van der Waals surface area (Å²) in [4.78, 5) is 13.5. The zero-order valence-corrected chi connectivity index (χ0v) is 14.9. The fourth-order valence-corrected chi connectivity index (χ4v) is 3.59.